The summed E-state index contributed by atoms with van der Waals surface area (Å²) in [7, 11) is 0.779. The van der Waals surface area contributed by atoms with Gasteiger partial charge >= 0.3 is 11.9 Å². The number of aromatic carboxylic acids is 1. The average molecular weight is 560 g/mol. The number of aliphatic hydroxyl groups is 1. The summed E-state index contributed by atoms with van der Waals surface area (Å²) in [6, 6.07) is 5.40. The molecule has 10 nitrogen and oxygen atoms in total. The first-order valence-corrected chi connectivity index (χ1v) is 10.9. The van der Waals surface area contributed by atoms with E-state index in [1.807, 2.05) is 0 Å². The van der Waals surface area contributed by atoms with Crippen LogP contribution in [0.25, 0.3) is 0 Å². The van der Waals surface area contributed by atoms with Gasteiger partial charge in [-0.1, -0.05) is 29.8 Å². The number of carbonyl (C=O) groups is 3. The van der Waals surface area contributed by atoms with Gasteiger partial charge in [0.05, 0.1) is 25.3 Å². The second-order valence-corrected chi connectivity index (χ2v) is 8.21. The number of carbonyl (C=O) groups excluding carboxylic acids is 1. The molecule has 4 N–H and O–H groups in total. The van der Waals surface area contributed by atoms with Crippen LogP contribution in [0.2, 0.25) is 5.02 Å². The van der Waals surface area contributed by atoms with Crippen LogP contribution < -0.4 is 10.1 Å². The summed E-state index contributed by atoms with van der Waals surface area (Å²) in [6.45, 7) is -1.15. The number of hydrogen-bond acceptors (Lipinski definition) is 6. The topological polar surface area (TPSA) is 151 Å². The van der Waals surface area contributed by atoms with E-state index in [1.54, 1.807) is 12.1 Å². The van der Waals surface area contributed by atoms with Crippen LogP contribution in [-0.4, -0.2) is 62.2 Å². The minimum absolute atomic E-state index is 0.213. The first-order valence-electron chi connectivity index (χ1n) is 10.5. The van der Waals surface area contributed by atoms with Gasteiger partial charge in [0.1, 0.15) is 5.69 Å². The molecule has 0 radical (unpaired) electrons. The fraction of sp³-hybridized carbons (Fsp3) is 0.217. The summed E-state index contributed by atoms with van der Waals surface area (Å²) in [5.74, 6) is -13.4. The number of carboxylic acids is 2. The molecule has 3 rings (SSSR count). The van der Waals surface area contributed by atoms with Crippen LogP contribution in [-0.2, 0) is 17.8 Å². The lowest BCUT2D eigenvalue weighted by molar-refractivity contribution is -0.148. The zero-order chi connectivity index (χ0) is 28.3. The van der Waals surface area contributed by atoms with E-state index in [4.69, 9.17) is 11.6 Å². The number of hydrogen-bond donors (Lipinski definition) is 4. The lowest BCUT2D eigenvalue weighted by atomic mass is 10.0. The first-order chi connectivity index (χ1) is 17.9. The molecule has 2 atom stereocenters. The molecule has 3 aromatic rings. The van der Waals surface area contributed by atoms with Crippen LogP contribution in [0.5, 0.6) is 5.75 Å². The maximum Gasteiger partial charge on any atom is 0.354 e. The Morgan fingerprint density at radius 2 is 1.68 bits per heavy atom. The molecule has 0 spiro atoms. The van der Waals surface area contributed by atoms with Crippen molar-refractivity contribution in [2.24, 2.45) is 0 Å². The van der Waals surface area contributed by atoms with Crippen molar-refractivity contribution in [3.63, 3.8) is 0 Å². The second kappa shape index (κ2) is 11.5. The van der Waals surface area contributed by atoms with Gasteiger partial charge in [0.25, 0.3) is 5.91 Å². The first kappa shape index (κ1) is 28.4. The number of aliphatic carboxylic acids is 1. The van der Waals surface area contributed by atoms with Crippen molar-refractivity contribution in [1.29, 1.82) is 0 Å². The van der Waals surface area contributed by atoms with Gasteiger partial charge in [0.15, 0.2) is 29.2 Å². The van der Waals surface area contributed by atoms with Crippen molar-refractivity contribution in [3.05, 3.63) is 81.1 Å². The molecule has 202 valence electrons. The van der Waals surface area contributed by atoms with Gasteiger partial charge in [-0.2, -0.15) is 13.9 Å². The molecule has 0 saturated heterocycles. The SMILES string of the molecule is COc1c(F)c(F)c(Cn2nc(C(=O)NC(Cc3ccccc3Cl)C(O)C(=O)O)cc2C(=O)O)c(F)c1F. The van der Waals surface area contributed by atoms with Gasteiger partial charge < -0.3 is 25.4 Å². The van der Waals surface area contributed by atoms with Crippen LogP contribution in [0, 0.1) is 23.3 Å². The summed E-state index contributed by atoms with van der Waals surface area (Å²) >= 11 is 6.06. The molecule has 1 aromatic heterocycles. The largest absolute Gasteiger partial charge is 0.491 e. The Morgan fingerprint density at radius 3 is 2.21 bits per heavy atom. The molecule has 2 unspecified atom stereocenters. The van der Waals surface area contributed by atoms with E-state index in [0.29, 0.717) is 16.3 Å². The molecule has 0 fully saturated rings. The molecule has 0 aliphatic rings. The smallest absolute Gasteiger partial charge is 0.354 e. The number of aromatic nitrogens is 2. The number of halogens is 5. The normalized spacial score (nSPS) is 12.6. The molecule has 38 heavy (non-hydrogen) atoms. The number of benzene rings is 2. The van der Waals surface area contributed by atoms with Gasteiger partial charge in [-0.05, 0) is 18.1 Å². The summed E-state index contributed by atoms with van der Waals surface area (Å²) in [6.07, 6.45) is -2.38. The Kier molecular flexibility index (Phi) is 8.58. The lowest BCUT2D eigenvalue weighted by Crippen LogP contribution is -2.48. The minimum Gasteiger partial charge on any atom is -0.491 e. The maximum atomic E-state index is 14.4. The zero-order valence-electron chi connectivity index (χ0n) is 19.2. The van der Waals surface area contributed by atoms with Gasteiger partial charge in [0, 0.05) is 11.1 Å². The summed E-state index contributed by atoms with van der Waals surface area (Å²) in [5, 5.41) is 34.8. The van der Waals surface area contributed by atoms with E-state index in [9.17, 15) is 47.3 Å². The third kappa shape index (κ3) is 5.70. The molecule has 1 amide bonds. The number of nitrogens with zero attached hydrogens (tertiary/aromatic N) is 2. The van der Waals surface area contributed by atoms with Gasteiger partial charge in [0.2, 0.25) is 11.6 Å². The van der Waals surface area contributed by atoms with E-state index in [-0.39, 0.29) is 11.4 Å². The number of rotatable bonds is 10. The number of carboxylic acid groups (broad SMARTS) is 2. The number of methoxy groups -OCH3 is 1. The van der Waals surface area contributed by atoms with Crippen molar-refractivity contribution in [2.75, 3.05) is 7.11 Å². The fourth-order valence-electron chi connectivity index (χ4n) is 3.50. The molecule has 15 heteroatoms. The fourth-order valence-corrected chi connectivity index (χ4v) is 3.72. The maximum absolute atomic E-state index is 14.4. The Balaban J connectivity index is 1.96. The standard InChI is InChI=1S/C23H18ClF4N3O7/c1-38-20-17(27)15(25)10(16(26)18(20)28)8-31-14(22(34)35)7-13(30-31)21(33)29-12(19(32)23(36)37)6-9-4-2-3-5-11(9)24/h2-5,7,12,19,32H,6,8H2,1H3,(H,29,33)(H,34,35)(H,36,37). The highest BCUT2D eigenvalue weighted by Gasteiger charge is 2.31. The van der Waals surface area contributed by atoms with Crippen molar-refractivity contribution in [3.8, 4) is 5.75 Å². The zero-order valence-corrected chi connectivity index (χ0v) is 20.0. The second-order valence-electron chi connectivity index (χ2n) is 7.80. The molecule has 0 aliphatic heterocycles. The molecule has 0 saturated carbocycles. The van der Waals surface area contributed by atoms with E-state index >= 15 is 0 Å². The predicted octanol–water partition coefficient (Wildman–Crippen LogP) is 2.63. The highest BCUT2D eigenvalue weighted by molar-refractivity contribution is 6.31. The van der Waals surface area contributed by atoms with Gasteiger partial charge in [-0.25, -0.2) is 18.4 Å². The monoisotopic (exact) mass is 559 g/mol. The molecule has 0 aliphatic carbocycles. The van der Waals surface area contributed by atoms with Crippen LogP contribution in [0.1, 0.15) is 32.1 Å². The van der Waals surface area contributed by atoms with E-state index < -0.39 is 82.5 Å². The third-order valence-electron chi connectivity index (χ3n) is 5.41. The summed E-state index contributed by atoms with van der Waals surface area (Å²) in [4.78, 5) is 35.9. The number of aliphatic hydroxyl groups excluding tert-OH is 1. The third-order valence-corrected chi connectivity index (χ3v) is 5.77. The number of ether oxygens (including phenoxy) is 1. The van der Waals surface area contributed by atoms with Gasteiger partial charge in [-0.3, -0.25) is 9.48 Å². The van der Waals surface area contributed by atoms with Crippen LogP contribution >= 0.6 is 11.6 Å². The van der Waals surface area contributed by atoms with Crippen LogP contribution in [0.15, 0.2) is 30.3 Å². The summed E-state index contributed by atoms with van der Waals surface area (Å²) < 4.78 is 61.7. The van der Waals surface area contributed by atoms with Crippen LogP contribution in [0.3, 0.4) is 0 Å². The molecular formula is C23H18ClF4N3O7. The average Bonchev–Trinajstić information content (AvgIpc) is 3.30. The summed E-state index contributed by atoms with van der Waals surface area (Å²) in [5.41, 5.74) is -2.34. The molecule has 1 heterocycles. The van der Waals surface area contributed by atoms with Crippen molar-refractivity contribution >= 4 is 29.4 Å². The van der Waals surface area contributed by atoms with Crippen LogP contribution in [0.4, 0.5) is 17.6 Å². The molecule has 0 bridgehead atoms. The highest BCUT2D eigenvalue weighted by Crippen LogP contribution is 2.30. The van der Waals surface area contributed by atoms with E-state index in [0.717, 1.165) is 7.11 Å². The Morgan fingerprint density at radius 1 is 1.08 bits per heavy atom. The Hall–Kier alpha value is -4.17. The number of nitrogens with one attached hydrogen (secondary N) is 1. The Labute approximate surface area is 216 Å². The predicted molar refractivity (Wildman–Crippen MR) is 121 cm³/mol. The molecule has 2 aromatic carbocycles. The highest BCUT2D eigenvalue weighted by atomic mass is 35.5. The Bertz CT molecular complexity index is 1390. The minimum atomic E-state index is -2.12. The van der Waals surface area contributed by atoms with E-state index in [2.05, 4.69) is 15.2 Å². The number of amides is 1. The quantitative estimate of drug-likeness (QED) is 0.219. The van der Waals surface area contributed by atoms with Crippen molar-refractivity contribution in [2.45, 2.75) is 25.1 Å². The lowest BCUT2D eigenvalue weighted by Gasteiger charge is -2.21. The van der Waals surface area contributed by atoms with Gasteiger partial charge in [-0.15, -0.1) is 0 Å². The van der Waals surface area contributed by atoms with E-state index in [1.165, 1.54) is 12.1 Å². The van der Waals surface area contributed by atoms with Crippen molar-refractivity contribution in [1.82, 2.24) is 15.1 Å². The van der Waals surface area contributed by atoms with Crippen molar-refractivity contribution < 1.29 is 52.0 Å². The molecular weight excluding hydrogens is 542 g/mol.